The van der Waals surface area contributed by atoms with E-state index in [1.165, 1.54) is 45.2 Å². The first kappa shape index (κ1) is 6.66. The molecule has 2 aliphatic rings. The third-order valence-electron chi connectivity index (χ3n) is 3.09. The van der Waals surface area contributed by atoms with Crippen LogP contribution in [0.15, 0.2) is 0 Å². The summed E-state index contributed by atoms with van der Waals surface area (Å²) in [5.41, 5.74) is 0.653. The van der Waals surface area contributed by atoms with Crippen molar-refractivity contribution in [2.45, 2.75) is 44.6 Å². The van der Waals surface area contributed by atoms with E-state index in [1.54, 1.807) is 0 Å². The molecule has 0 amide bonds. The summed E-state index contributed by atoms with van der Waals surface area (Å²) in [5.74, 6) is 0. The molecule has 1 nitrogen and oxygen atoms in total. The molecule has 0 spiro atoms. The molecule has 1 saturated carbocycles. The molecule has 0 unspecified atom stereocenters. The largest absolute Gasteiger partial charge is 0.298 e. The Hall–Kier alpha value is -0.0400. The monoisotopic (exact) mass is 139 g/mol. The minimum Gasteiger partial charge on any atom is -0.298 e. The Labute approximate surface area is 63.4 Å². The van der Waals surface area contributed by atoms with Crippen LogP contribution in [-0.2, 0) is 0 Å². The molecule has 2 fully saturated rings. The number of hydrogen-bond acceptors (Lipinski definition) is 1. The number of likely N-dealkylation sites (tertiary alicyclic amines) is 1. The fourth-order valence-electron chi connectivity index (χ4n) is 1.93. The van der Waals surface area contributed by atoms with E-state index in [9.17, 15) is 0 Å². The second-order valence-corrected chi connectivity index (χ2v) is 4.04. The minimum atomic E-state index is 0.653. The van der Waals surface area contributed by atoms with Crippen molar-refractivity contribution >= 4 is 0 Å². The molecule has 0 bridgehead atoms. The molecule has 0 aromatic rings. The van der Waals surface area contributed by atoms with Crippen molar-refractivity contribution in [3.05, 3.63) is 0 Å². The maximum atomic E-state index is 2.69. The van der Waals surface area contributed by atoms with Gasteiger partial charge in [-0.15, -0.1) is 0 Å². The van der Waals surface area contributed by atoms with Crippen molar-refractivity contribution in [1.29, 1.82) is 0 Å². The predicted molar refractivity (Wildman–Crippen MR) is 43.1 cm³/mol. The zero-order valence-electron chi connectivity index (χ0n) is 6.90. The third-order valence-corrected chi connectivity index (χ3v) is 3.09. The van der Waals surface area contributed by atoms with Crippen LogP contribution in [0.25, 0.3) is 0 Å². The van der Waals surface area contributed by atoms with Gasteiger partial charge in [-0.3, -0.25) is 4.90 Å². The third kappa shape index (κ3) is 1.07. The number of rotatable bonds is 1. The fourth-order valence-corrected chi connectivity index (χ4v) is 1.93. The maximum Gasteiger partial charge on any atom is 0.0182 e. The molecule has 0 atom stereocenters. The Kier molecular flexibility index (Phi) is 1.48. The number of piperidine rings is 1. The highest BCUT2D eigenvalue weighted by Crippen LogP contribution is 2.42. The van der Waals surface area contributed by atoms with Crippen LogP contribution in [0.4, 0.5) is 0 Å². The summed E-state index contributed by atoms with van der Waals surface area (Å²) >= 11 is 0. The van der Waals surface area contributed by atoms with Crippen molar-refractivity contribution in [3.8, 4) is 0 Å². The topological polar surface area (TPSA) is 3.24 Å². The average molecular weight is 139 g/mol. The van der Waals surface area contributed by atoms with Gasteiger partial charge < -0.3 is 0 Å². The van der Waals surface area contributed by atoms with Gasteiger partial charge in [0.25, 0.3) is 0 Å². The van der Waals surface area contributed by atoms with Gasteiger partial charge in [0.05, 0.1) is 0 Å². The molecule has 1 aliphatic carbocycles. The Bertz CT molecular complexity index is 121. The van der Waals surface area contributed by atoms with Gasteiger partial charge in [0.15, 0.2) is 0 Å². The predicted octanol–water partition coefficient (Wildman–Crippen LogP) is 2.02. The quantitative estimate of drug-likeness (QED) is 0.537. The molecular weight excluding hydrogens is 122 g/mol. The first-order chi connectivity index (χ1) is 4.81. The maximum absolute atomic E-state index is 2.69. The van der Waals surface area contributed by atoms with Crippen LogP contribution >= 0.6 is 0 Å². The smallest absolute Gasteiger partial charge is 0.0182 e. The van der Waals surface area contributed by atoms with Crippen molar-refractivity contribution in [2.24, 2.45) is 0 Å². The van der Waals surface area contributed by atoms with E-state index < -0.39 is 0 Å². The molecule has 1 aliphatic heterocycles. The molecule has 0 N–H and O–H groups in total. The van der Waals surface area contributed by atoms with Crippen molar-refractivity contribution in [1.82, 2.24) is 4.90 Å². The van der Waals surface area contributed by atoms with E-state index >= 15 is 0 Å². The van der Waals surface area contributed by atoms with Crippen LogP contribution in [0.3, 0.4) is 0 Å². The van der Waals surface area contributed by atoms with E-state index in [2.05, 4.69) is 11.8 Å². The molecule has 0 aromatic heterocycles. The lowest BCUT2D eigenvalue weighted by Crippen LogP contribution is -2.38. The first-order valence-corrected chi connectivity index (χ1v) is 4.56. The standard InChI is InChI=1S/C9H17N/c1-9(5-6-9)10-7-3-2-4-8-10/h2-8H2,1H3. The van der Waals surface area contributed by atoms with E-state index in [1.807, 2.05) is 0 Å². The van der Waals surface area contributed by atoms with Gasteiger partial charge in [0, 0.05) is 5.54 Å². The Balaban J connectivity index is 1.91. The minimum absolute atomic E-state index is 0.653. The Morgan fingerprint density at radius 3 is 2.10 bits per heavy atom. The molecular formula is C9H17N. The molecule has 1 heterocycles. The second-order valence-electron chi connectivity index (χ2n) is 4.04. The number of nitrogens with zero attached hydrogens (tertiary/aromatic N) is 1. The molecule has 2 rings (SSSR count). The van der Waals surface area contributed by atoms with Crippen LogP contribution < -0.4 is 0 Å². The zero-order chi connectivity index (χ0) is 7.03. The molecule has 0 aromatic carbocycles. The highest BCUT2D eigenvalue weighted by molar-refractivity contribution is 5.00. The van der Waals surface area contributed by atoms with Crippen LogP contribution in [0, 0.1) is 0 Å². The Morgan fingerprint density at radius 1 is 1.00 bits per heavy atom. The van der Waals surface area contributed by atoms with Gasteiger partial charge in [-0.05, 0) is 45.7 Å². The summed E-state index contributed by atoms with van der Waals surface area (Å²) in [4.78, 5) is 2.69. The fraction of sp³-hybridized carbons (Fsp3) is 1.00. The summed E-state index contributed by atoms with van der Waals surface area (Å²) < 4.78 is 0. The van der Waals surface area contributed by atoms with Crippen LogP contribution in [0.1, 0.15) is 39.0 Å². The van der Waals surface area contributed by atoms with Crippen molar-refractivity contribution < 1.29 is 0 Å². The van der Waals surface area contributed by atoms with Gasteiger partial charge in [0.1, 0.15) is 0 Å². The molecule has 1 heteroatoms. The van der Waals surface area contributed by atoms with Crippen LogP contribution in [-0.4, -0.2) is 23.5 Å². The summed E-state index contributed by atoms with van der Waals surface area (Å²) in [6.45, 7) is 5.16. The van der Waals surface area contributed by atoms with Gasteiger partial charge in [-0.1, -0.05) is 6.42 Å². The van der Waals surface area contributed by atoms with E-state index in [-0.39, 0.29) is 0 Å². The normalized spacial score (nSPS) is 32.1. The molecule has 10 heavy (non-hydrogen) atoms. The van der Waals surface area contributed by atoms with Crippen LogP contribution in [0.5, 0.6) is 0 Å². The zero-order valence-corrected chi connectivity index (χ0v) is 6.90. The number of hydrogen-bond donors (Lipinski definition) is 0. The van der Waals surface area contributed by atoms with E-state index in [0.29, 0.717) is 5.54 Å². The SMILES string of the molecule is CC1(N2CCCCC2)CC1. The van der Waals surface area contributed by atoms with Crippen molar-refractivity contribution in [2.75, 3.05) is 13.1 Å². The summed E-state index contributed by atoms with van der Waals surface area (Å²) in [7, 11) is 0. The summed E-state index contributed by atoms with van der Waals surface area (Å²) in [6.07, 6.45) is 7.25. The molecule has 1 saturated heterocycles. The van der Waals surface area contributed by atoms with Gasteiger partial charge in [-0.25, -0.2) is 0 Å². The second kappa shape index (κ2) is 2.23. The average Bonchev–Trinajstić information content (AvgIpc) is 2.72. The summed E-state index contributed by atoms with van der Waals surface area (Å²) in [6, 6.07) is 0. The van der Waals surface area contributed by atoms with Gasteiger partial charge in [0.2, 0.25) is 0 Å². The lowest BCUT2D eigenvalue weighted by Gasteiger charge is -2.32. The van der Waals surface area contributed by atoms with E-state index in [4.69, 9.17) is 0 Å². The lowest BCUT2D eigenvalue weighted by atomic mass is 10.1. The lowest BCUT2D eigenvalue weighted by molar-refractivity contribution is 0.158. The Morgan fingerprint density at radius 2 is 1.60 bits per heavy atom. The molecule has 58 valence electrons. The van der Waals surface area contributed by atoms with Crippen molar-refractivity contribution in [3.63, 3.8) is 0 Å². The van der Waals surface area contributed by atoms with Crippen LogP contribution in [0.2, 0.25) is 0 Å². The van der Waals surface area contributed by atoms with E-state index in [0.717, 1.165) is 0 Å². The van der Waals surface area contributed by atoms with Gasteiger partial charge >= 0.3 is 0 Å². The highest BCUT2D eigenvalue weighted by atomic mass is 15.2. The first-order valence-electron chi connectivity index (χ1n) is 4.56. The van der Waals surface area contributed by atoms with Gasteiger partial charge in [-0.2, -0.15) is 0 Å². The highest BCUT2D eigenvalue weighted by Gasteiger charge is 2.42. The summed E-state index contributed by atoms with van der Waals surface area (Å²) in [5, 5.41) is 0. The molecule has 0 radical (unpaired) electrons.